The van der Waals surface area contributed by atoms with Crippen molar-refractivity contribution < 1.29 is 9.59 Å². The fourth-order valence-electron chi connectivity index (χ4n) is 2.28. The minimum atomic E-state index is -0.0788. The third-order valence-electron chi connectivity index (χ3n) is 3.33. The van der Waals surface area contributed by atoms with E-state index in [2.05, 4.69) is 10.6 Å². The Labute approximate surface area is 120 Å². The van der Waals surface area contributed by atoms with Crippen LogP contribution < -0.4 is 10.6 Å². The topological polar surface area (TPSA) is 63.1 Å². The van der Waals surface area contributed by atoms with Gasteiger partial charge in [0.15, 0.2) is 0 Å². The Balaban J connectivity index is 1.72. The molecule has 1 fully saturated rings. The van der Waals surface area contributed by atoms with E-state index in [1.54, 1.807) is 0 Å². The molecule has 0 spiro atoms. The van der Waals surface area contributed by atoms with E-state index in [1.807, 2.05) is 40.5 Å². The minimum absolute atomic E-state index is 0.0137. The average molecular weight is 289 g/mol. The second kappa shape index (κ2) is 5.50. The lowest BCUT2D eigenvalue weighted by Crippen LogP contribution is -2.47. The van der Waals surface area contributed by atoms with Gasteiger partial charge in [-0.3, -0.25) is 9.59 Å². The Morgan fingerprint density at radius 3 is 2.90 bits per heavy atom. The summed E-state index contributed by atoms with van der Waals surface area (Å²) in [6.45, 7) is 0.509. The second-order valence-electron chi connectivity index (χ2n) is 4.74. The quantitative estimate of drug-likeness (QED) is 0.900. The number of piperidine rings is 1. The number of amides is 2. The van der Waals surface area contributed by atoms with Gasteiger partial charge in [0.2, 0.25) is 5.91 Å². The molecule has 3 rings (SSSR count). The highest BCUT2D eigenvalue weighted by atomic mass is 32.1. The van der Waals surface area contributed by atoms with Crippen LogP contribution >= 0.6 is 11.3 Å². The van der Waals surface area contributed by atoms with E-state index in [4.69, 9.17) is 0 Å². The van der Waals surface area contributed by atoms with Crippen LogP contribution in [-0.2, 0) is 4.79 Å². The summed E-state index contributed by atoms with van der Waals surface area (Å²) in [6.07, 6.45) is 5.00. The third-order valence-corrected chi connectivity index (χ3v) is 4.24. The highest BCUT2D eigenvalue weighted by molar-refractivity contribution is 7.12. The molecule has 6 heteroatoms. The van der Waals surface area contributed by atoms with Gasteiger partial charge in [0.25, 0.3) is 5.91 Å². The van der Waals surface area contributed by atoms with Crippen LogP contribution in [0.1, 0.15) is 22.5 Å². The molecule has 1 unspecified atom stereocenters. The summed E-state index contributed by atoms with van der Waals surface area (Å²) in [5.41, 5.74) is 0.886. The highest BCUT2D eigenvalue weighted by Crippen LogP contribution is 2.21. The van der Waals surface area contributed by atoms with Crippen LogP contribution in [0.5, 0.6) is 0 Å². The maximum absolute atomic E-state index is 12.3. The molecule has 0 bridgehead atoms. The molecule has 0 aromatic carbocycles. The predicted octanol–water partition coefficient (Wildman–Crippen LogP) is 1.55. The van der Waals surface area contributed by atoms with E-state index >= 15 is 0 Å². The fourth-order valence-corrected chi connectivity index (χ4v) is 3.07. The summed E-state index contributed by atoms with van der Waals surface area (Å²) in [6, 6.07) is 5.80. The molecule has 2 N–H and O–H groups in total. The third kappa shape index (κ3) is 2.60. The van der Waals surface area contributed by atoms with Crippen LogP contribution in [0, 0.1) is 0 Å². The normalized spacial score (nSPS) is 18.6. The summed E-state index contributed by atoms with van der Waals surface area (Å²) in [5.74, 6) is -0.0236. The Morgan fingerprint density at radius 2 is 2.20 bits per heavy atom. The molecule has 0 saturated carbocycles. The SMILES string of the molecule is O=C1CCC(NC(=O)c2sccc2-n2cccc2)CN1. The number of thiophene rings is 1. The second-order valence-corrected chi connectivity index (χ2v) is 5.65. The van der Waals surface area contributed by atoms with Gasteiger partial charge in [-0.1, -0.05) is 0 Å². The van der Waals surface area contributed by atoms with Crippen molar-refractivity contribution in [3.05, 3.63) is 40.8 Å². The molecule has 2 aromatic heterocycles. The number of aromatic nitrogens is 1. The van der Waals surface area contributed by atoms with Crippen LogP contribution in [-0.4, -0.2) is 29.0 Å². The molecular formula is C14H15N3O2S. The van der Waals surface area contributed by atoms with Gasteiger partial charge in [0.05, 0.1) is 5.69 Å². The number of carbonyl (C=O) groups excluding carboxylic acids is 2. The van der Waals surface area contributed by atoms with Crippen molar-refractivity contribution in [3.8, 4) is 5.69 Å². The predicted molar refractivity (Wildman–Crippen MR) is 77.1 cm³/mol. The van der Waals surface area contributed by atoms with Crippen molar-refractivity contribution >= 4 is 23.2 Å². The number of hydrogen-bond acceptors (Lipinski definition) is 3. The van der Waals surface area contributed by atoms with Gasteiger partial charge >= 0.3 is 0 Å². The lowest BCUT2D eigenvalue weighted by Gasteiger charge is -2.23. The Bertz CT molecular complexity index is 608. The van der Waals surface area contributed by atoms with E-state index in [-0.39, 0.29) is 17.9 Å². The summed E-state index contributed by atoms with van der Waals surface area (Å²) < 4.78 is 1.92. The van der Waals surface area contributed by atoms with Gasteiger partial charge in [-0.05, 0) is 30.0 Å². The zero-order valence-electron chi connectivity index (χ0n) is 10.8. The lowest BCUT2D eigenvalue weighted by molar-refractivity contribution is -0.122. The molecule has 1 saturated heterocycles. The van der Waals surface area contributed by atoms with Gasteiger partial charge in [0, 0.05) is 31.4 Å². The van der Waals surface area contributed by atoms with Crippen LogP contribution in [0.15, 0.2) is 36.0 Å². The van der Waals surface area contributed by atoms with Crippen molar-refractivity contribution in [2.45, 2.75) is 18.9 Å². The van der Waals surface area contributed by atoms with Crippen molar-refractivity contribution in [1.29, 1.82) is 0 Å². The zero-order chi connectivity index (χ0) is 13.9. The first-order chi connectivity index (χ1) is 9.74. The first-order valence-corrected chi connectivity index (χ1v) is 7.40. The van der Waals surface area contributed by atoms with Gasteiger partial charge in [-0.25, -0.2) is 0 Å². The van der Waals surface area contributed by atoms with E-state index in [0.717, 1.165) is 5.69 Å². The Morgan fingerprint density at radius 1 is 1.40 bits per heavy atom. The Kier molecular flexibility index (Phi) is 3.56. The van der Waals surface area contributed by atoms with Crippen LogP contribution in [0.2, 0.25) is 0 Å². The molecule has 104 valence electrons. The van der Waals surface area contributed by atoms with Crippen molar-refractivity contribution in [1.82, 2.24) is 15.2 Å². The first kappa shape index (κ1) is 12.9. The smallest absolute Gasteiger partial charge is 0.263 e. The molecule has 0 radical (unpaired) electrons. The van der Waals surface area contributed by atoms with Crippen LogP contribution in [0.3, 0.4) is 0 Å². The summed E-state index contributed by atoms with van der Waals surface area (Å²) in [7, 11) is 0. The number of carbonyl (C=O) groups is 2. The molecule has 3 heterocycles. The molecule has 20 heavy (non-hydrogen) atoms. The lowest BCUT2D eigenvalue weighted by atomic mass is 10.1. The zero-order valence-corrected chi connectivity index (χ0v) is 11.7. The first-order valence-electron chi connectivity index (χ1n) is 6.52. The number of hydrogen-bond donors (Lipinski definition) is 2. The molecular weight excluding hydrogens is 274 g/mol. The van der Waals surface area contributed by atoms with Gasteiger partial charge in [-0.2, -0.15) is 0 Å². The maximum atomic E-state index is 12.3. The summed E-state index contributed by atoms with van der Waals surface area (Å²) >= 11 is 1.42. The molecule has 1 aliphatic heterocycles. The van der Waals surface area contributed by atoms with Gasteiger partial charge < -0.3 is 15.2 Å². The molecule has 2 amide bonds. The van der Waals surface area contributed by atoms with Gasteiger partial charge in [0.1, 0.15) is 4.88 Å². The maximum Gasteiger partial charge on any atom is 0.263 e. The van der Waals surface area contributed by atoms with Crippen LogP contribution in [0.25, 0.3) is 5.69 Å². The summed E-state index contributed by atoms with van der Waals surface area (Å²) in [5, 5.41) is 7.67. The highest BCUT2D eigenvalue weighted by Gasteiger charge is 2.22. The van der Waals surface area contributed by atoms with Gasteiger partial charge in [-0.15, -0.1) is 11.3 Å². The fraction of sp³-hybridized carbons (Fsp3) is 0.286. The van der Waals surface area contributed by atoms with E-state index in [0.29, 0.717) is 24.3 Å². The molecule has 5 nitrogen and oxygen atoms in total. The van der Waals surface area contributed by atoms with Crippen molar-refractivity contribution in [2.75, 3.05) is 6.54 Å². The largest absolute Gasteiger partial charge is 0.354 e. The Hall–Kier alpha value is -2.08. The van der Waals surface area contributed by atoms with E-state index < -0.39 is 0 Å². The number of nitrogens with zero attached hydrogens (tertiary/aromatic N) is 1. The number of rotatable bonds is 3. The number of nitrogens with one attached hydrogen (secondary N) is 2. The van der Waals surface area contributed by atoms with E-state index in [9.17, 15) is 9.59 Å². The molecule has 2 aromatic rings. The standard InChI is InChI=1S/C14H15N3O2S/c18-12-4-3-10(9-15-12)16-14(19)13-11(5-8-20-13)17-6-1-2-7-17/h1-2,5-8,10H,3-4,9H2,(H,15,18)(H,16,19). The van der Waals surface area contributed by atoms with Crippen molar-refractivity contribution in [3.63, 3.8) is 0 Å². The monoisotopic (exact) mass is 289 g/mol. The summed E-state index contributed by atoms with van der Waals surface area (Å²) in [4.78, 5) is 24.1. The van der Waals surface area contributed by atoms with Crippen LogP contribution in [0.4, 0.5) is 0 Å². The molecule has 1 aliphatic rings. The molecule has 1 atom stereocenters. The average Bonchev–Trinajstić information content (AvgIpc) is 3.11. The molecule has 0 aliphatic carbocycles. The minimum Gasteiger partial charge on any atom is -0.354 e. The van der Waals surface area contributed by atoms with Crippen molar-refractivity contribution in [2.24, 2.45) is 0 Å². The van der Waals surface area contributed by atoms with E-state index in [1.165, 1.54) is 11.3 Å².